The van der Waals surface area contributed by atoms with Crippen molar-refractivity contribution >= 4 is 34.9 Å². The van der Waals surface area contributed by atoms with Crippen molar-refractivity contribution in [3.05, 3.63) is 35.9 Å². The number of ketones is 4. The number of likely N-dealkylation sites (tertiary alicyclic amines) is 1. The molecule has 5 atom stereocenters. The Labute approximate surface area is 292 Å². The highest BCUT2D eigenvalue weighted by Crippen LogP contribution is 2.88. The number of carbonyl (C=O) groups excluding carboxylic acids is 6. The third kappa shape index (κ3) is 6.58. The second-order valence-corrected chi connectivity index (χ2v) is 17.9. The fourth-order valence-corrected chi connectivity index (χ4v) is 10.1. The van der Waals surface area contributed by atoms with Gasteiger partial charge in [-0.15, -0.1) is 0 Å². The smallest absolute Gasteiger partial charge is 0.285 e. The first-order valence-corrected chi connectivity index (χ1v) is 18.6. The van der Waals surface area contributed by atoms with Crippen LogP contribution in [0.15, 0.2) is 30.3 Å². The number of rotatable bonds is 15. The van der Waals surface area contributed by atoms with E-state index < -0.39 is 40.9 Å². The number of hydrogen-bond donors (Lipinski definition) is 1. The summed E-state index contributed by atoms with van der Waals surface area (Å²) in [5.41, 5.74) is 5.26. The van der Waals surface area contributed by atoms with Crippen molar-refractivity contribution in [2.75, 3.05) is 6.54 Å². The van der Waals surface area contributed by atoms with E-state index in [0.717, 1.165) is 38.5 Å². The average molecular weight is 675 g/mol. The summed E-state index contributed by atoms with van der Waals surface area (Å²) >= 11 is 0. The topological polar surface area (TPSA) is 132 Å². The standard InChI is InChI=1S/C41H58N2O6/c1-25(2)30(34(46)27-15-9-8-10-16-27)21-29(44)22-31(38(3,4)5)37(49)43-24-41(39(6,7)40(41)17-12-18-40)23-32(43)33(45)20-28(35(47)36(42)48)19-26-13-11-14-26/h8-10,15-16,25-26,28,30-32H,11-14,17-24H2,1-7H3,(H2,42,48)/t28?,30-,31+,32-,41?/m0/s1. The number of fused-ring (bicyclic) bond motifs is 1. The van der Waals surface area contributed by atoms with Crippen LogP contribution in [0.4, 0.5) is 0 Å². The summed E-state index contributed by atoms with van der Waals surface area (Å²) in [5.74, 6) is -4.04. The van der Waals surface area contributed by atoms with E-state index in [1.807, 2.05) is 52.8 Å². The van der Waals surface area contributed by atoms with Crippen molar-refractivity contribution in [2.45, 2.75) is 125 Å². The van der Waals surface area contributed by atoms with Crippen LogP contribution in [0.3, 0.4) is 0 Å². The molecule has 3 aliphatic carbocycles. The van der Waals surface area contributed by atoms with Gasteiger partial charge in [-0.25, -0.2) is 0 Å². The molecule has 2 unspecified atom stereocenters. The molecule has 2 spiro atoms. The van der Waals surface area contributed by atoms with Crippen molar-refractivity contribution in [2.24, 2.45) is 57.0 Å². The molecule has 1 aromatic carbocycles. The minimum absolute atomic E-state index is 0.0168. The summed E-state index contributed by atoms with van der Waals surface area (Å²) in [7, 11) is 0. The van der Waals surface area contributed by atoms with E-state index >= 15 is 0 Å². The van der Waals surface area contributed by atoms with Crippen molar-refractivity contribution in [1.29, 1.82) is 0 Å². The highest BCUT2D eigenvalue weighted by Gasteiger charge is 2.85. The lowest BCUT2D eigenvalue weighted by molar-refractivity contribution is -0.146. The molecule has 49 heavy (non-hydrogen) atoms. The number of benzene rings is 1. The van der Waals surface area contributed by atoms with Gasteiger partial charge in [0.15, 0.2) is 11.6 Å². The Balaban J connectivity index is 1.40. The zero-order chi connectivity index (χ0) is 36.1. The lowest BCUT2D eigenvalue weighted by Gasteiger charge is -2.36. The molecule has 3 saturated carbocycles. The average Bonchev–Trinajstić information content (AvgIpc) is 3.21. The van der Waals surface area contributed by atoms with E-state index in [-0.39, 0.29) is 64.7 Å². The van der Waals surface area contributed by atoms with E-state index in [1.165, 1.54) is 0 Å². The third-order valence-corrected chi connectivity index (χ3v) is 13.8. The van der Waals surface area contributed by atoms with Gasteiger partial charge in [0.1, 0.15) is 5.78 Å². The number of Topliss-reactive ketones (excluding diaryl/α,β-unsaturated/α-hetero) is 4. The largest absolute Gasteiger partial charge is 0.363 e. The van der Waals surface area contributed by atoms with Crippen molar-refractivity contribution in [1.82, 2.24) is 4.90 Å². The van der Waals surface area contributed by atoms with Crippen LogP contribution in [0.25, 0.3) is 0 Å². The van der Waals surface area contributed by atoms with Gasteiger partial charge >= 0.3 is 0 Å². The predicted octanol–water partition coefficient (Wildman–Crippen LogP) is 6.77. The van der Waals surface area contributed by atoms with Crippen molar-refractivity contribution in [3.8, 4) is 0 Å². The first kappa shape index (κ1) is 37.1. The highest BCUT2D eigenvalue weighted by molar-refractivity contribution is 6.36. The number of hydrogen-bond acceptors (Lipinski definition) is 6. The van der Waals surface area contributed by atoms with E-state index in [9.17, 15) is 28.8 Å². The van der Waals surface area contributed by atoms with Gasteiger partial charge in [-0.3, -0.25) is 28.8 Å². The fourth-order valence-electron chi connectivity index (χ4n) is 10.1. The first-order valence-electron chi connectivity index (χ1n) is 18.6. The highest BCUT2D eigenvalue weighted by atomic mass is 16.2. The summed E-state index contributed by atoms with van der Waals surface area (Å²) < 4.78 is 0. The van der Waals surface area contributed by atoms with Crippen LogP contribution in [0, 0.1) is 51.2 Å². The van der Waals surface area contributed by atoms with Crippen LogP contribution < -0.4 is 5.73 Å². The van der Waals surface area contributed by atoms with Gasteiger partial charge < -0.3 is 10.6 Å². The molecule has 268 valence electrons. The normalized spacial score (nSPS) is 25.7. The monoisotopic (exact) mass is 674 g/mol. The molecule has 1 heterocycles. The number of nitrogens with zero attached hydrogens (tertiary/aromatic N) is 1. The van der Waals surface area contributed by atoms with Crippen LogP contribution in [-0.2, 0) is 24.0 Å². The Morgan fingerprint density at radius 3 is 2.00 bits per heavy atom. The molecule has 0 bridgehead atoms. The number of nitrogens with two attached hydrogens (primary N) is 1. The molecule has 2 amide bonds. The Morgan fingerprint density at radius 1 is 0.898 bits per heavy atom. The molecule has 5 rings (SSSR count). The molecule has 4 fully saturated rings. The quantitative estimate of drug-likeness (QED) is 0.161. The van der Waals surface area contributed by atoms with Crippen LogP contribution in [-0.4, -0.2) is 52.4 Å². The van der Waals surface area contributed by atoms with Crippen LogP contribution in [0.5, 0.6) is 0 Å². The Hall–Kier alpha value is -3.16. The lowest BCUT2D eigenvalue weighted by atomic mass is 9.73. The fraction of sp³-hybridized carbons (Fsp3) is 0.707. The van der Waals surface area contributed by atoms with Gasteiger partial charge in [0.2, 0.25) is 11.7 Å². The second kappa shape index (κ2) is 13.5. The second-order valence-electron chi connectivity index (χ2n) is 17.9. The molecule has 1 aromatic rings. The SMILES string of the molecule is CC(C)[C@H](CC(=O)C[C@H](C(=O)N1CC2(C[C@H]1C(=O)CC(CC1CCC1)C(=O)C(N)=O)C(C)(C)C21CCC1)C(C)(C)C)C(=O)c1ccccc1. The summed E-state index contributed by atoms with van der Waals surface area (Å²) in [6.45, 7) is 14.7. The molecule has 4 aliphatic rings. The Kier molecular flexibility index (Phi) is 10.2. The zero-order valence-corrected chi connectivity index (χ0v) is 30.8. The molecule has 8 nitrogen and oxygen atoms in total. The summed E-state index contributed by atoms with van der Waals surface area (Å²) in [6, 6.07) is 8.30. The molecule has 1 saturated heterocycles. The number of carbonyl (C=O) groups is 6. The molecule has 8 heteroatoms. The van der Waals surface area contributed by atoms with E-state index in [4.69, 9.17) is 5.73 Å². The van der Waals surface area contributed by atoms with Gasteiger partial charge in [-0.05, 0) is 53.8 Å². The minimum atomic E-state index is -1.01. The van der Waals surface area contributed by atoms with Gasteiger partial charge in [0.25, 0.3) is 5.91 Å². The van der Waals surface area contributed by atoms with E-state index in [2.05, 4.69) is 13.8 Å². The molecular formula is C41H58N2O6. The van der Waals surface area contributed by atoms with Gasteiger partial charge in [0.05, 0.1) is 6.04 Å². The van der Waals surface area contributed by atoms with E-state index in [0.29, 0.717) is 30.9 Å². The van der Waals surface area contributed by atoms with Crippen molar-refractivity contribution in [3.63, 3.8) is 0 Å². The Morgan fingerprint density at radius 2 is 1.53 bits per heavy atom. The summed E-state index contributed by atoms with van der Waals surface area (Å²) in [4.78, 5) is 83.2. The van der Waals surface area contributed by atoms with E-state index in [1.54, 1.807) is 17.0 Å². The molecule has 0 aromatic heterocycles. The molecule has 2 N–H and O–H groups in total. The predicted molar refractivity (Wildman–Crippen MR) is 188 cm³/mol. The lowest BCUT2D eigenvalue weighted by Crippen LogP contribution is -2.48. The van der Waals surface area contributed by atoms with Crippen molar-refractivity contribution < 1.29 is 28.8 Å². The van der Waals surface area contributed by atoms with Crippen LogP contribution in [0.1, 0.15) is 129 Å². The van der Waals surface area contributed by atoms with Gasteiger partial charge in [0, 0.05) is 54.5 Å². The summed E-state index contributed by atoms with van der Waals surface area (Å²) in [5, 5.41) is 0. The molecular weight excluding hydrogens is 616 g/mol. The Bertz CT molecular complexity index is 1480. The summed E-state index contributed by atoms with van der Waals surface area (Å²) in [6.07, 6.45) is 7.22. The molecule has 0 radical (unpaired) electrons. The minimum Gasteiger partial charge on any atom is -0.363 e. The first-order chi connectivity index (χ1) is 22.9. The maximum absolute atomic E-state index is 14.8. The third-order valence-electron chi connectivity index (χ3n) is 13.8. The maximum atomic E-state index is 14.8. The maximum Gasteiger partial charge on any atom is 0.285 e. The zero-order valence-electron chi connectivity index (χ0n) is 30.8. The van der Waals surface area contributed by atoms with Gasteiger partial charge in [-0.2, -0.15) is 0 Å². The van der Waals surface area contributed by atoms with Gasteiger partial charge in [-0.1, -0.05) is 104 Å². The van der Waals surface area contributed by atoms with Crippen LogP contribution >= 0.6 is 0 Å². The number of amides is 2. The number of primary amides is 1. The van der Waals surface area contributed by atoms with Crippen LogP contribution in [0.2, 0.25) is 0 Å². The molecule has 1 aliphatic heterocycles.